The van der Waals surface area contributed by atoms with E-state index in [-0.39, 0.29) is 23.3 Å². The van der Waals surface area contributed by atoms with E-state index in [1.807, 2.05) is 0 Å². The van der Waals surface area contributed by atoms with Gasteiger partial charge in [-0.2, -0.15) is 0 Å². The molecule has 0 saturated carbocycles. The maximum atomic E-state index is 12.3. The Labute approximate surface area is 191 Å². The fourth-order valence-electron chi connectivity index (χ4n) is 2.50. The van der Waals surface area contributed by atoms with E-state index in [0.717, 1.165) is 4.90 Å². The van der Waals surface area contributed by atoms with Crippen LogP contribution in [0.1, 0.15) is 10.4 Å². The third-order valence-electron chi connectivity index (χ3n) is 4.03. The van der Waals surface area contributed by atoms with E-state index in [2.05, 4.69) is 10.6 Å². The lowest BCUT2D eigenvalue weighted by Gasteiger charge is -2.08. The second kappa shape index (κ2) is 10.3. The number of amides is 2. The molecule has 3 aromatic carbocycles. The molecular weight excluding hydrogens is 461 g/mol. The average molecular weight is 476 g/mol. The van der Waals surface area contributed by atoms with Crippen LogP contribution in [0.4, 0.5) is 17.1 Å². The first-order valence-electron chi connectivity index (χ1n) is 8.85. The fourth-order valence-corrected chi connectivity index (χ4v) is 3.65. The van der Waals surface area contributed by atoms with E-state index in [1.165, 1.54) is 36.0 Å². The molecule has 0 spiro atoms. The molecule has 0 heterocycles. The Hall–Kier alpha value is -3.07. The van der Waals surface area contributed by atoms with Crippen LogP contribution >= 0.6 is 35.0 Å². The van der Waals surface area contributed by atoms with E-state index in [1.54, 1.807) is 42.5 Å². The van der Waals surface area contributed by atoms with Gasteiger partial charge in [-0.1, -0.05) is 23.2 Å². The van der Waals surface area contributed by atoms with Gasteiger partial charge >= 0.3 is 0 Å². The number of nitrogens with zero attached hydrogens (tertiary/aromatic N) is 1. The molecular formula is C21H15Cl2N3O4S. The number of anilines is 2. The summed E-state index contributed by atoms with van der Waals surface area (Å²) >= 11 is 13.2. The second-order valence-corrected chi connectivity index (χ2v) is 8.14. The molecule has 3 aromatic rings. The van der Waals surface area contributed by atoms with Crippen LogP contribution < -0.4 is 10.6 Å². The van der Waals surface area contributed by atoms with Gasteiger partial charge in [0.1, 0.15) is 0 Å². The lowest BCUT2D eigenvalue weighted by atomic mass is 10.2. The minimum atomic E-state index is -0.525. The first-order chi connectivity index (χ1) is 14.8. The summed E-state index contributed by atoms with van der Waals surface area (Å²) in [5.41, 5.74) is 1.27. The van der Waals surface area contributed by atoms with Crippen molar-refractivity contribution in [2.45, 2.75) is 4.90 Å². The monoisotopic (exact) mass is 475 g/mol. The highest BCUT2D eigenvalue weighted by molar-refractivity contribution is 8.00. The van der Waals surface area contributed by atoms with Crippen molar-refractivity contribution in [2.75, 3.05) is 16.4 Å². The highest BCUT2D eigenvalue weighted by atomic mass is 35.5. The summed E-state index contributed by atoms with van der Waals surface area (Å²) in [5.74, 6) is -0.424. The van der Waals surface area contributed by atoms with E-state index >= 15 is 0 Å². The van der Waals surface area contributed by atoms with Gasteiger partial charge in [-0.3, -0.25) is 19.7 Å². The summed E-state index contributed by atoms with van der Waals surface area (Å²) in [6.07, 6.45) is 0. The topological polar surface area (TPSA) is 101 Å². The predicted octanol–water partition coefficient (Wildman–Crippen LogP) is 5.88. The number of carbonyl (C=O) groups is 2. The molecule has 2 amide bonds. The van der Waals surface area contributed by atoms with Crippen LogP contribution in [-0.4, -0.2) is 22.5 Å². The predicted molar refractivity (Wildman–Crippen MR) is 123 cm³/mol. The molecule has 0 aromatic heterocycles. The molecule has 0 aliphatic rings. The van der Waals surface area contributed by atoms with Crippen molar-refractivity contribution in [1.29, 1.82) is 0 Å². The fraction of sp³-hybridized carbons (Fsp3) is 0.0476. The first-order valence-corrected chi connectivity index (χ1v) is 10.6. The Morgan fingerprint density at radius 2 is 1.61 bits per heavy atom. The molecule has 0 fully saturated rings. The highest BCUT2D eigenvalue weighted by Gasteiger charge is 2.10. The van der Waals surface area contributed by atoms with Crippen LogP contribution in [0, 0.1) is 10.1 Å². The summed E-state index contributed by atoms with van der Waals surface area (Å²) < 4.78 is 0. The molecule has 0 radical (unpaired) electrons. The van der Waals surface area contributed by atoms with Crippen LogP contribution in [0.3, 0.4) is 0 Å². The third kappa shape index (κ3) is 6.45. The second-order valence-electron chi connectivity index (χ2n) is 6.24. The quantitative estimate of drug-likeness (QED) is 0.252. The zero-order valence-electron chi connectivity index (χ0n) is 15.8. The number of nitrogens with one attached hydrogen (secondary N) is 2. The lowest BCUT2D eigenvalue weighted by Crippen LogP contribution is -2.14. The van der Waals surface area contributed by atoms with Crippen molar-refractivity contribution in [1.82, 2.24) is 0 Å². The van der Waals surface area contributed by atoms with Crippen molar-refractivity contribution in [3.63, 3.8) is 0 Å². The molecule has 0 saturated heterocycles. The minimum absolute atomic E-state index is 0.0831. The number of carbonyl (C=O) groups excluding carboxylic acids is 2. The number of rotatable bonds is 7. The van der Waals surface area contributed by atoms with Gasteiger partial charge in [0.05, 0.1) is 21.4 Å². The highest BCUT2D eigenvalue weighted by Crippen LogP contribution is 2.26. The summed E-state index contributed by atoms with van der Waals surface area (Å²) in [7, 11) is 0. The molecule has 10 heteroatoms. The first kappa shape index (κ1) is 22.6. The summed E-state index contributed by atoms with van der Waals surface area (Å²) in [4.78, 5) is 35.4. The van der Waals surface area contributed by atoms with Crippen LogP contribution in [0.15, 0.2) is 71.6 Å². The van der Waals surface area contributed by atoms with Crippen LogP contribution in [0.2, 0.25) is 10.0 Å². The van der Waals surface area contributed by atoms with Gasteiger partial charge in [-0.25, -0.2) is 0 Å². The van der Waals surface area contributed by atoms with Gasteiger partial charge in [0, 0.05) is 33.3 Å². The number of nitro benzene ring substituents is 1. The maximum absolute atomic E-state index is 12.3. The number of thioether (sulfide) groups is 1. The Bertz CT molecular complexity index is 1120. The number of non-ortho nitro benzene ring substituents is 1. The number of nitro groups is 1. The van der Waals surface area contributed by atoms with E-state index < -0.39 is 4.92 Å². The van der Waals surface area contributed by atoms with Gasteiger partial charge in [0.25, 0.3) is 11.6 Å². The zero-order valence-corrected chi connectivity index (χ0v) is 18.1. The molecule has 158 valence electrons. The summed E-state index contributed by atoms with van der Waals surface area (Å²) in [6.45, 7) is 0. The van der Waals surface area contributed by atoms with E-state index in [4.69, 9.17) is 23.2 Å². The molecule has 0 aliphatic carbocycles. The molecule has 0 unspecified atom stereocenters. The zero-order chi connectivity index (χ0) is 22.4. The van der Waals surface area contributed by atoms with Crippen LogP contribution in [-0.2, 0) is 4.79 Å². The van der Waals surface area contributed by atoms with Crippen molar-refractivity contribution in [3.8, 4) is 0 Å². The molecule has 0 aliphatic heterocycles. The Morgan fingerprint density at radius 3 is 2.23 bits per heavy atom. The molecule has 31 heavy (non-hydrogen) atoms. The number of halogens is 2. The molecule has 0 bridgehead atoms. The van der Waals surface area contributed by atoms with Gasteiger partial charge in [-0.05, 0) is 54.6 Å². The molecule has 7 nitrogen and oxygen atoms in total. The van der Waals surface area contributed by atoms with Gasteiger partial charge in [-0.15, -0.1) is 11.8 Å². The largest absolute Gasteiger partial charge is 0.324 e. The summed E-state index contributed by atoms with van der Waals surface area (Å²) in [5, 5.41) is 17.0. The molecule has 0 atom stereocenters. The van der Waals surface area contributed by atoms with E-state index in [9.17, 15) is 19.7 Å². The van der Waals surface area contributed by atoms with Gasteiger partial charge in [0.15, 0.2) is 0 Å². The van der Waals surface area contributed by atoms with Crippen LogP contribution in [0.5, 0.6) is 0 Å². The molecule has 2 N–H and O–H groups in total. The van der Waals surface area contributed by atoms with Crippen molar-refractivity contribution in [3.05, 3.63) is 92.5 Å². The van der Waals surface area contributed by atoms with E-state index in [0.29, 0.717) is 27.0 Å². The van der Waals surface area contributed by atoms with Gasteiger partial charge < -0.3 is 10.6 Å². The summed E-state index contributed by atoms with van der Waals surface area (Å²) in [6, 6.07) is 17.1. The number of hydrogen-bond donors (Lipinski definition) is 2. The smallest absolute Gasteiger partial charge is 0.269 e. The average Bonchev–Trinajstić information content (AvgIpc) is 2.75. The van der Waals surface area contributed by atoms with Crippen molar-refractivity contribution >= 4 is 63.8 Å². The maximum Gasteiger partial charge on any atom is 0.269 e. The normalized spacial score (nSPS) is 10.4. The number of hydrogen-bond acceptors (Lipinski definition) is 5. The Morgan fingerprint density at radius 1 is 0.935 bits per heavy atom. The Balaban J connectivity index is 1.52. The lowest BCUT2D eigenvalue weighted by molar-refractivity contribution is -0.384. The van der Waals surface area contributed by atoms with Crippen molar-refractivity contribution < 1.29 is 14.5 Å². The minimum Gasteiger partial charge on any atom is -0.324 e. The number of benzene rings is 3. The van der Waals surface area contributed by atoms with Crippen molar-refractivity contribution in [2.24, 2.45) is 0 Å². The SMILES string of the molecule is O=C(CSc1ccc(NC(=O)c2ccc([N+](=O)[O-])cc2)cc1)Nc1ccc(Cl)cc1Cl. The molecule has 3 rings (SSSR count). The third-order valence-corrected chi connectivity index (χ3v) is 5.59. The standard InChI is InChI=1S/C21H15Cl2N3O4S/c22-14-3-10-19(18(23)11-14)25-20(27)12-31-17-8-4-15(5-9-17)24-21(28)13-1-6-16(7-2-13)26(29)30/h1-11H,12H2,(H,24,28)(H,25,27). The Kier molecular flexibility index (Phi) is 7.51. The van der Waals surface area contributed by atoms with Crippen LogP contribution in [0.25, 0.3) is 0 Å². The van der Waals surface area contributed by atoms with Gasteiger partial charge in [0.2, 0.25) is 5.91 Å².